The fraction of sp³-hybridized carbons (Fsp3) is 0.0435. The third-order valence-electron chi connectivity index (χ3n) is 4.22. The van der Waals surface area contributed by atoms with Crippen LogP contribution in [0.4, 0.5) is 5.13 Å². The quantitative estimate of drug-likeness (QED) is 0.335. The maximum Gasteiger partial charge on any atom is 0.204 e. The van der Waals surface area contributed by atoms with Crippen LogP contribution in [0.2, 0.25) is 0 Å². The number of allylic oxidation sites excluding steroid dienone is 2. The van der Waals surface area contributed by atoms with Gasteiger partial charge in [-0.25, -0.2) is 4.98 Å². The lowest BCUT2D eigenvalue weighted by Crippen LogP contribution is -2.02. The first kappa shape index (κ1) is 17.2. The van der Waals surface area contributed by atoms with Gasteiger partial charge in [0.1, 0.15) is 0 Å². The SMILES string of the molecule is CC(=C/C(=N/Nc1nc2ccccc2s1)c1ccccc1)c1ccccc1. The number of para-hydroxylation sites is 1. The maximum atomic E-state index is 4.66. The van der Waals surface area contributed by atoms with Gasteiger partial charge in [-0.2, -0.15) is 5.10 Å². The molecule has 1 heterocycles. The van der Waals surface area contributed by atoms with E-state index in [1.807, 2.05) is 54.6 Å². The summed E-state index contributed by atoms with van der Waals surface area (Å²) in [7, 11) is 0. The molecule has 3 nitrogen and oxygen atoms in total. The van der Waals surface area contributed by atoms with Gasteiger partial charge >= 0.3 is 0 Å². The van der Waals surface area contributed by atoms with E-state index in [9.17, 15) is 0 Å². The molecule has 0 atom stereocenters. The number of thiazole rings is 1. The van der Waals surface area contributed by atoms with Crippen LogP contribution in [-0.2, 0) is 0 Å². The van der Waals surface area contributed by atoms with Crippen LogP contribution in [0, 0.1) is 0 Å². The molecule has 0 spiro atoms. The Morgan fingerprint density at radius 3 is 2.19 bits per heavy atom. The van der Waals surface area contributed by atoms with Crippen molar-refractivity contribution in [2.24, 2.45) is 5.10 Å². The van der Waals surface area contributed by atoms with E-state index in [2.05, 4.69) is 58.8 Å². The van der Waals surface area contributed by atoms with Gasteiger partial charge in [-0.1, -0.05) is 84.1 Å². The monoisotopic (exact) mass is 369 g/mol. The number of anilines is 1. The topological polar surface area (TPSA) is 37.3 Å². The molecule has 0 bridgehead atoms. The lowest BCUT2D eigenvalue weighted by Gasteiger charge is -2.06. The Morgan fingerprint density at radius 1 is 0.852 bits per heavy atom. The largest absolute Gasteiger partial charge is 0.252 e. The zero-order chi connectivity index (χ0) is 18.5. The highest BCUT2D eigenvalue weighted by atomic mass is 32.1. The number of aromatic nitrogens is 1. The highest BCUT2D eigenvalue weighted by Gasteiger charge is 2.05. The van der Waals surface area contributed by atoms with Crippen LogP contribution in [0.5, 0.6) is 0 Å². The molecule has 4 rings (SSSR count). The molecule has 132 valence electrons. The minimum atomic E-state index is 0.787. The van der Waals surface area contributed by atoms with E-state index in [-0.39, 0.29) is 0 Å². The molecule has 0 saturated carbocycles. The molecule has 0 aliphatic heterocycles. The molecule has 4 aromatic rings. The summed E-state index contributed by atoms with van der Waals surface area (Å²) in [6.07, 6.45) is 2.10. The van der Waals surface area contributed by atoms with E-state index >= 15 is 0 Å². The van der Waals surface area contributed by atoms with Crippen molar-refractivity contribution in [3.05, 3.63) is 102 Å². The first-order valence-corrected chi connectivity index (χ1v) is 9.60. The Bertz CT molecular complexity index is 1060. The molecule has 0 amide bonds. The van der Waals surface area contributed by atoms with Gasteiger partial charge in [-0.15, -0.1) is 0 Å². The summed E-state index contributed by atoms with van der Waals surface area (Å²) in [6.45, 7) is 2.10. The Balaban J connectivity index is 1.68. The van der Waals surface area contributed by atoms with Gasteiger partial charge in [0.05, 0.1) is 15.9 Å². The summed E-state index contributed by atoms with van der Waals surface area (Å²) in [4.78, 5) is 4.60. The maximum absolute atomic E-state index is 4.66. The second-order valence-electron chi connectivity index (χ2n) is 6.15. The van der Waals surface area contributed by atoms with Gasteiger partial charge in [-0.05, 0) is 36.3 Å². The molecule has 0 unspecified atom stereocenters. The van der Waals surface area contributed by atoms with Crippen molar-refractivity contribution in [1.29, 1.82) is 0 Å². The van der Waals surface area contributed by atoms with Crippen LogP contribution < -0.4 is 5.43 Å². The Labute approximate surface area is 162 Å². The standard InChI is InChI=1S/C23H19N3S/c1-17(18-10-4-2-5-11-18)16-21(19-12-6-3-7-13-19)25-26-23-24-20-14-8-9-15-22(20)27-23/h2-16H,1H3,(H,24,26)/b17-16?,25-21-. The number of hydrogen-bond acceptors (Lipinski definition) is 4. The summed E-state index contributed by atoms with van der Waals surface area (Å²) in [6, 6.07) is 28.6. The number of nitrogens with zero attached hydrogens (tertiary/aromatic N) is 2. The van der Waals surface area contributed by atoms with Crippen molar-refractivity contribution in [2.75, 3.05) is 5.43 Å². The summed E-state index contributed by atoms with van der Waals surface area (Å²) in [5.74, 6) is 0. The first-order valence-electron chi connectivity index (χ1n) is 8.78. The molecule has 3 aromatic carbocycles. The van der Waals surface area contributed by atoms with E-state index in [0.29, 0.717) is 0 Å². The lowest BCUT2D eigenvalue weighted by atomic mass is 10.0. The second-order valence-corrected chi connectivity index (χ2v) is 7.19. The smallest absolute Gasteiger partial charge is 0.204 e. The fourth-order valence-corrected chi connectivity index (χ4v) is 3.62. The summed E-state index contributed by atoms with van der Waals surface area (Å²) in [5.41, 5.74) is 8.39. The first-order chi connectivity index (χ1) is 13.3. The molecule has 0 aliphatic rings. The van der Waals surface area contributed by atoms with E-state index in [0.717, 1.165) is 32.2 Å². The van der Waals surface area contributed by atoms with Crippen LogP contribution >= 0.6 is 11.3 Å². The number of nitrogens with one attached hydrogen (secondary N) is 1. The fourth-order valence-electron chi connectivity index (χ4n) is 2.81. The number of hydrazone groups is 1. The van der Waals surface area contributed by atoms with Gasteiger partial charge in [0, 0.05) is 5.56 Å². The highest BCUT2D eigenvalue weighted by molar-refractivity contribution is 7.22. The number of hydrogen-bond donors (Lipinski definition) is 1. The Kier molecular flexibility index (Phi) is 5.08. The molecule has 4 heteroatoms. The predicted octanol–water partition coefficient (Wildman–Crippen LogP) is 6.22. The van der Waals surface area contributed by atoms with Crippen LogP contribution in [0.15, 0.2) is 96.1 Å². The zero-order valence-corrected chi connectivity index (χ0v) is 15.8. The van der Waals surface area contributed by atoms with Crippen molar-refractivity contribution in [1.82, 2.24) is 4.98 Å². The minimum absolute atomic E-state index is 0.787. The molecule has 27 heavy (non-hydrogen) atoms. The van der Waals surface area contributed by atoms with Crippen LogP contribution in [0.25, 0.3) is 15.8 Å². The van der Waals surface area contributed by atoms with Gasteiger partial charge in [0.25, 0.3) is 0 Å². The average molecular weight is 369 g/mol. The molecule has 0 saturated heterocycles. The predicted molar refractivity (Wildman–Crippen MR) is 116 cm³/mol. The van der Waals surface area contributed by atoms with E-state index < -0.39 is 0 Å². The van der Waals surface area contributed by atoms with Crippen molar-refractivity contribution in [2.45, 2.75) is 6.92 Å². The molecule has 1 aromatic heterocycles. The molecular weight excluding hydrogens is 350 g/mol. The lowest BCUT2D eigenvalue weighted by molar-refractivity contribution is 1.30. The number of benzene rings is 3. The average Bonchev–Trinajstić information content (AvgIpc) is 3.15. The van der Waals surface area contributed by atoms with Crippen LogP contribution in [0.3, 0.4) is 0 Å². The van der Waals surface area contributed by atoms with E-state index in [4.69, 9.17) is 0 Å². The summed E-state index contributed by atoms with van der Waals surface area (Å²) in [5, 5.41) is 5.45. The Morgan fingerprint density at radius 2 is 1.48 bits per heavy atom. The third kappa shape index (κ3) is 4.13. The van der Waals surface area contributed by atoms with Crippen molar-refractivity contribution >= 4 is 38.0 Å². The number of fused-ring (bicyclic) bond motifs is 1. The molecule has 0 radical (unpaired) electrons. The van der Waals surface area contributed by atoms with Gasteiger partial charge in [0.2, 0.25) is 5.13 Å². The Hall–Kier alpha value is -3.24. The second kappa shape index (κ2) is 7.98. The third-order valence-corrected chi connectivity index (χ3v) is 5.16. The summed E-state index contributed by atoms with van der Waals surface area (Å²) >= 11 is 1.60. The number of rotatable bonds is 5. The molecule has 0 aliphatic carbocycles. The van der Waals surface area contributed by atoms with Crippen LogP contribution in [-0.4, -0.2) is 10.7 Å². The molecular formula is C23H19N3S. The van der Waals surface area contributed by atoms with Crippen LogP contribution in [0.1, 0.15) is 18.1 Å². The van der Waals surface area contributed by atoms with E-state index in [1.165, 1.54) is 5.56 Å². The normalized spacial score (nSPS) is 12.3. The van der Waals surface area contributed by atoms with Crippen molar-refractivity contribution in [3.8, 4) is 0 Å². The molecule has 0 fully saturated rings. The van der Waals surface area contributed by atoms with E-state index in [1.54, 1.807) is 11.3 Å². The van der Waals surface area contributed by atoms with Gasteiger partial charge in [-0.3, -0.25) is 5.43 Å². The highest BCUT2D eigenvalue weighted by Crippen LogP contribution is 2.25. The zero-order valence-electron chi connectivity index (χ0n) is 15.0. The summed E-state index contributed by atoms with van der Waals surface area (Å²) < 4.78 is 1.15. The van der Waals surface area contributed by atoms with Crippen molar-refractivity contribution < 1.29 is 0 Å². The molecule has 1 N–H and O–H groups in total. The minimum Gasteiger partial charge on any atom is -0.252 e. The van der Waals surface area contributed by atoms with Crippen molar-refractivity contribution in [3.63, 3.8) is 0 Å². The van der Waals surface area contributed by atoms with Gasteiger partial charge < -0.3 is 0 Å². The van der Waals surface area contributed by atoms with Gasteiger partial charge in [0.15, 0.2) is 0 Å².